The molecule has 1 rings (SSSR count). The smallest absolute Gasteiger partial charge is 0.237 e. The van der Waals surface area contributed by atoms with Crippen LogP contribution in [0.2, 0.25) is 0 Å². The van der Waals surface area contributed by atoms with Gasteiger partial charge in [-0.3, -0.25) is 9.59 Å². The normalized spacial score (nSPS) is 20.2. The van der Waals surface area contributed by atoms with Gasteiger partial charge in [-0.25, -0.2) is 0 Å². The van der Waals surface area contributed by atoms with Crippen molar-refractivity contribution in [3.8, 4) is 0 Å². The molecular formula is C11H22ClN3O2. The van der Waals surface area contributed by atoms with Gasteiger partial charge in [-0.1, -0.05) is 6.42 Å². The van der Waals surface area contributed by atoms with E-state index >= 15 is 0 Å². The van der Waals surface area contributed by atoms with Gasteiger partial charge in [0, 0.05) is 6.54 Å². The second kappa shape index (κ2) is 6.81. The van der Waals surface area contributed by atoms with Crippen molar-refractivity contribution in [2.75, 3.05) is 13.1 Å². The minimum absolute atomic E-state index is 0. The second-order valence-electron chi connectivity index (χ2n) is 4.97. The van der Waals surface area contributed by atoms with Crippen LogP contribution in [-0.4, -0.2) is 30.9 Å². The van der Waals surface area contributed by atoms with Crippen LogP contribution in [0, 0.1) is 5.41 Å². The number of halogens is 1. The van der Waals surface area contributed by atoms with Gasteiger partial charge in [-0.15, -0.1) is 12.4 Å². The fourth-order valence-corrected chi connectivity index (χ4v) is 1.59. The monoisotopic (exact) mass is 263 g/mol. The minimum Gasteiger partial charge on any atom is -0.369 e. The highest BCUT2D eigenvalue weighted by atomic mass is 35.5. The molecule has 2 amide bonds. The van der Waals surface area contributed by atoms with E-state index in [4.69, 9.17) is 5.73 Å². The van der Waals surface area contributed by atoms with Crippen LogP contribution in [-0.2, 0) is 9.59 Å². The Labute approximate surface area is 108 Å². The molecule has 0 unspecified atom stereocenters. The standard InChI is InChI=1S/C11H21N3O2.ClH/c1-11(2,10(12)16)7-14-9(15)8-5-3-4-6-13-8;/h8,13H,3-7H2,1-2H3,(H2,12,16)(H,14,15);1H/t8-;/m0./s1. The number of nitrogens with two attached hydrogens (primary N) is 1. The summed E-state index contributed by atoms with van der Waals surface area (Å²) < 4.78 is 0. The molecule has 0 aromatic carbocycles. The van der Waals surface area contributed by atoms with Gasteiger partial charge in [0.2, 0.25) is 11.8 Å². The molecule has 6 heteroatoms. The number of hydrogen-bond donors (Lipinski definition) is 3. The first-order valence-corrected chi connectivity index (χ1v) is 5.74. The lowest BCUT2D eigenvalue weighted by Gasteiger charge is -2.25. The van der Waals surface area contributed by atoms with E-state index in [1.54, 1.807) is 13.8 Å². The van der Waals surface area contributed by atoms with Crippen molar-refractivity contribution in [2.24, 2.45) is 11.1 Å². The summed E-state index contributed by atoms with van der Waals surface area (Å²) in [4.78, 5) is 22.8. The molecule has 1 fully saturated rings. The van der Waals surface area contributed by atoms with Crippen LogP contribution in [0.15, 0.2) is 0 Å². The van der Waals surface area contributed by atoms with Gasteiger partial charge in [-0.05, 0) is 33.2 Å². The van der Waals surface area contributed by atoms with Gasteiger partial charge in [-0.2, -0.15) is 0 Å². The van der Waals surface area contributed by atoms with Crippen LogP contribution in [0.3, 0.4) is 0 Å². The second-order valence-corrected chi connectivity index (χ2v) is 4.97. The summed E-state index contributed by atoms with van der Waals surface area (Å²) in [7, 11) is 0. The van der Waals surface area contributed by atoms with Gasteiger partial charge < -0.3 is 16.4 Å². The van der Waals surface area contributed by atoms with E-state index < -0.39 is 11.3 Å². The van der Waals surface area contributed by atoms with Crippen molar-refractivity contribution < 1.29 is 9.59 Å². The number of rotatable bonds is 4. The molecule has 1 atom stereocenters. The Bertz CT molecular complexity index is 276. The van der Waals surface area contributed by atoms with Gasteiger partial charge >= 0.3 is 0 Å². The molecular weight excluding hydrogens is 242 g/mol. The Balaban J connectivity index is 0.00000256. The predicted octanol–water partition coefficient (Wildman–Crippen LogP) is 0.178. The number of hydrogen-bond acceptors (Lipinski definition) is 3. The molecule has 5 nitrogen and oxygen atoms in total. The zero-order valence-electron chi connectivity index (χ0n) is 10.4. The predicted molar refractivity (Wildman–Crippen MR) is 68.9 cm³/mol. The molecule has 1 aliphatic heterocycles. The SMILES string of the molecule is CC(C)(CNC(=O)[C@@H]1CCCCN1)C(N)=O.Cl. The van der Waals surface area contributed by atoms with Gasteiger partial charge in [0.25, 0.3) is 0 Å². The number of primary amides is 1. The maximum Gasteiger partial charge on any atom is 0.237 e. The van der Waals surface area contributed by atoms with E-state index in [0.717, 1.165) is 25.8 Å². The Kier molecular flexibility index (Phi) is 6.49. The van der Waals surface area contributed by atoms with Crippen molar-refractivity contribution in [1.29, 1.82) is 0 Å². The molecule has 0 aromatic heterocycles. The Morgan fingerprint density at radius 1 is 1.41 bits per heavy atom. The van der Waals surface area contributed by atoms with Gasteiger partial charge in [0.1, 0.15) is 0 Å². The molecule has 0 spiro atoms. The van der Waals surface area contributed by atoms with E-state index in [1.807, 2.05) is 0 Å². The maximum atomic E-state index is 11.7. The summed E-state index contributed by atoms with van der Waals surface area (Å²) in [5.41, 5.74) is 4.54. The minimum atomic E-state index is -0.690. The zero-order valence-corrected chi connectivity index (χ0v) is 11.2. The lowest BCUT2D eigenvalue weighted by molar-refractivity contribution is -0.127. The number of amides is 2. The first-order valence-electron chi connectivity index (χ1n) is 5.74. The average molecular weight is 264 g/mol. The molecule has 1 aliphatic rings. The lowest BCUT2D eigenvalue weighted by atomic mass is 9.92. The van der Waals surface area contributed by atoms with Gasteiger partial charge in [0.15, 0.2) is 0 Å². The van der Waals surface area contributed by atoms with Gasteiger partial charge in [0.05, 0.1) is 11.5 Å². The van der Waals surface area contributed by atoms with E-state index in [2.05, 4.69) is 10.6 Å². The number of nitrogens with one attached hydrogen (secondary N) is 2. The van der Waals surface area contributed by atoms with E-state index in [9.17, 15) is 9.59 Å². The third-order valence-electron chi connectivity index (χ3n) is 3.00. The molecule has 0 aromatic rings. The van der Waals surface area contributed by atoms with E-state index in [1.165, 1.54) is 0 Å². The highest BCUT2D eigenvalue weighted by Gasteiger charge is 2.27. The summed E-state index contributed by atoms with van der Waals surface area (Å²) in [5, 5.41) is 5.93. The molecule has 0 radical (unpaired) electrons. The van der Waals surface area contributed by atoms with Crippen molar-refractivity contribution in [3.05, 3.63) is 0 Å². The summed E-state index contributed by atoms with van der Waals surface area (Å²) in [5.74, 6) is -0.432. The zero-order chi connectivity index (χ0) is 12.2. The van der Waals surface area contributed by atoms with Crippen LogP contribution in [0.25, 0.3) is 0 Å². The third-order valence-corrected chi connectivity index (χ3v) is 3.00. The van der Waals surface area contributed by atoms with Crippen molar-refractivity contribution in [1.82, 2.24) is 10.6 Å². The quantitative estimate of drug-likeness (QED) is 0.676. The summed E-state index contributed by atoms with van der Waals surface area (Å²) in [6, 6.07) is -0.113. The molecule has 0 aliphatic carbocycles. The summed E-state index contributed by atoms with van der Waals surface area (Å²) in [6.07, 6.45) is 3.06. The van der Waals surface area contributed by atoms with Crippen molar-refractivity contribution in [2.45, 2.75) is 39.2 Å². The Morgan fingerprint density at radius 3 is 2.53 bits per heavy atom. The Hall–Kier alpha value is -0.810. The number of carbonyl (C=O) groups is 2. The summed E-state index contributed by atoms with van der Waals surface area (Å²) >= 11 is 0. The number of carbonyl (C=O) groups excluding carboxylic acids is 2. The first kappa shape index (κ1) is 16.2. The van der Waals surface area contributed by atoms with Crippen LogP contribution in [0.5, 0.6) is 0 Å². The largest absolute Gasteiger partial charge is 0.369 e. The molecule has 4 N–H and O–H groups in total. The Morgan fingerprint density at radius 2 is 2.06 bits per heavy atom. The highest BCUT2D eigenvalue weighted by molar-refractivity contribution is 5.85. The third kappa shape index (κ3) is 4.91. The fraction of sp³-hybridized carbons (Fsp3) is 0.818. The van der Waals surface area contributed by atoms with Crippen LogP contribution < -0.4 is 16.4 Å². The molecule has 100 valence electrons. The van der Waals surface area contributed by atoms with Crippen molar-refractivity contribution >= 4 is 24.2 Å². The molecule has 1 heterocycles. The first-order chi connectivity index (χ1) is 7.43. The van der Waals surface area contributed by atoms with Crippen LogP contribution >= 0.6 is 12.4 Å². The maximum absolute atomic E-state index is 11.7. The van der Waals surface area contributed by atoms with E-state index in [-0.39, 0.29) is 24.4 Å². The lowest BCUT2D eigenvalue weighted by Crippen LogP contribution is -2.50. The molecule has 0 saturated carbocycles. The topological polar surface area (TPSA) is 84.2 Å². The van der Waals surface area contributed by atoms with Crippen LogP contribution in [0.4, 0.5) is 0 Å². The number of piperidine rings is 1. The van der Waals surface area contributed by atoms with E-state index in [0.29, 0.717) is 6.54 Å². The average Bonchev–Trinajstić information content (AvgIpc) is 2.27. The fourth-order valence-electron chi connectivity index (χ4n) is 1.59. The summed E-state index contributed by atoms with van der Waals surface area (Å²) in [6.45, 7) is 4.63. The molecule has 1 saturated heterocycles. The highest BCUT2D eigenvalue weighted by Crippen LogP contribution is 2.12. The van der Waals surface area contributed by atoms with Crippen molar-refractivity contribution in [3.63, 3.8) is 0 Å². The molecule has 0 bridgehead atoms. The van der Waals surface area contributed by atoms with Crippen LogP contribution in [0.1, 0.15) is 33.1 Å². The molecule has 17 heavy (non-hydrogen) atoms.